The molecule has 3 radical (unpaired) electrons. The van der Waals surface area contributed by atoms with Crippen LogP contribution in [0.1, 0.15) is 200 Å². The minimum absolute atomic E-state index is 0. The van der Waals surface area contributed by atoms with Crippen LogP contribution in [0.15, 0.2) is 34.9 Å². The number of carbonyl (C=O) groups is 1. The normalized spacial score (nSPS) is 46.8. The van der Waals surface area contributed by atoms with Gasteiger partial charge in [0.15, 0.2) is 22.4 Å². The summed E-state index contributed by atoms with van der Waals surface area (Å²) < 4.78 is 13.5. The number of rotatable bonds is 4. The Morgan fingerprint density at radius 1 is 0.505 bits per heavy atom. The molecule has 12 aliphatic rings. The van der Waals surface area contributed by atoms with Crippen LogP contribution in [-0.2, 0) is 13.6 Å². The summed E-state index contributed by atoms with van der Waals surface area (Å²) in [5.74, 6) is 2.03. The van der Waals surface area contributed by atoms with Gasteiger partial charge in [0.1, 0.15) is 0 Å². The third-order valence-corrected chi connectivity index (χ3v) is 37.6. The van der Waals surface area contributed by atoms with Crippen molar-refractivity contribution in [2.45, 2.75) is 302 Å². The van der Waals surface area contributed by atoms with E-state index in [1.807, 2.05) is 12.2 Å². The van der Waals surface area contributed by atoms with Crippen molar-refractivity contribution in [3.63, 3.8) is 0 Å². The van der Waals surface area contributed by atoms with Gasteiger partial charge in [0, 0.05) is 26.5 Å². The minimum Gasteiger partial charge on any atom is -1.00 e. The van der Waals surface area contributed by atoms with Crippen LogP contribution in [0.3, 0.4) is 0 Å². The molecule has 12 aliphatic carbocycles. The summed E-state index contributed by atoms with van der Waals surface area (Å²) in [6.07, 6.45) is 17.4. The van der Waals surface area contributed by atoms with E-state index in [4.69, 9.17) is 25.7 Å². The van der Waals surface area contributed by atoms with E-state index in [9.17, 15) is 50.8 Å². The number of fused-ring (bicyclic) bond motifs is 15. The van der Waals surface area contributed by atoms with E-state index in [-0.39, 0.29) is 142 Å². The number of hydrogen-bond donors (Lipinski definition) is 10. The minimum atomic E-state index is -2.24. The van der Waals surface area contributed by atoms with Gasteiger partial charge in [-0.15, -0.1) is 0 Å². The summed E-state index contributed by atoms with van der Waals surface area (Å²) in [7, 11) is -3.65. The zero-order valence-electron chi connectivity index (χ0n) is 59.4. The number of nitrogens with two attached hydrogens (primary N) is 1. The molecule has 9 saturated carbocycles. The molecule has 516 valence electrons. The van der Waals surface area contributed by atoms with Gasteiger partial charge in [0.05, 0.1) is 54.9 Å². The number of carbonyl (C=O) groups excluding carboxylic acids is 1. The first kappa shape index (κ1) is 82.4. The molecule has 0 saturated heterocycles. The average molecular weight is 1530 g/mol. The van der Waals surface area contributed by atoms with Crippen molar-refractivity contribution < 1.29 is 121 Å². The number of aliphatic hydroxyl groups excluding tert-OH is 9. The van der Waals surface area contributed by atoms with Crippen LogP contribution in [0.4, 0.5) is 0 Å². The molecule has 0 bridgehead atoms. The van der Waals surface area contributed by atoms with E-state index in [0.717, 1.165) is 89.9 Å². The van der Waals surface area contributed by atoms with Crippen molar-refractivity contribution in [1.29, 1.82) is 0 Å². The maximum atomic E-state index is 13.4. The van der Waals surface area contributed by atoms with Gasteiger partial charge in [0.2, 0.25) is 0 Å². The summed E-state index contributed by atoms with van der Waals surface area (Å²) in [4.78, 5) is 13.4. The van der Waals surface area contributed by atoms with Gasteiger partial charge < -0.3 is 56.2 Å². The second-order valence-electron chi connectivity index (χ2n) is 35.0. The third-order valence-electron chi connectivity index (χ3n) is 28.5. The van der Waals surface area contributed by atoms with Gasteiger partial charge >= 0.3 is 77.1 Å². The monoisotopic (exact) mass is 1520 g/mol. The molecule has 0 spiro atoms. The molecule has 26 atom stereocenters. The number of hydrogen-bond acceptors (Lipinski definition) is 13. The molecule has 9 unspecified atom stereocenters. The molecule has 0 aromatic rings. The van der Waals surface area contributed by atoms with Crippen molar-refractivity contribution in [2.75, 3.05) is 0 Å². The molecular weight excluding hydrogens is 1410 g/mol. The standard InChI is InChI=1S/C25H44O4Si.C25H42O4Si.C19H30O4.B.Ce.ClH2N.3ClH.Na.H/c2*1-23(2,3)30(6,7)29-16-8-10-24(4)15(12-16)13-19(26)21-17(24)9-11-25(5)18(21)14-20(27)22(25)28;1-18-5-3-11(20)7-10(18)8-14(21)16-12(18)4-6-19(2)13(16)9-15(22)17(19)23;;;1-2;;;;;/h13,16-22,26-28H,8-12,14H2,1-7H3;13,16-18,20-22,27-28H,8-12,14H2,1-7H3;8,11-17,20-23H,3-7,9H2,1-2H3;;;2H2;3*1H;;/q;;;;+3;;;;;+1;-1/p-3/t16-,17?,18?,19-,20+,21?,22-,24-,25-;16-,17?,18?,20+,21?,22-,24-,25-;11-,12?,13?,14-,15+,16?,17-,18-,19-;;;;;;;;/m000......../s1. The zero-order chi connectivity index (χ0) is 66.7. The third kappa shape index (κ3) is 15.3. The molecule has 22 heteroatoms. The summed E-state index contributed by atoms with van der Waals surface area (Å²) in [6.45, 7) is 36.4. The smallest absolute Gasteiger partial charge is 1.00 e. The number of allylic oxidation sites excluding steroid dienone is 1. The van der Waals surface area contributed by atoms with Crippen LogP contribution >= 0.6 is 28.7 Å². The molecule has 0 amide bonds. The van der Waals surface area contributed by atoms with Crippen molar-refractivity contribution in [2.24, 2.45) is 91.0 Å². The second-order valence-corrected chi connectivity index (χ2v) is 58.3. The summed E-state index contributed by atoms with van der Waals surface area (Å²) >= 11 is 1.90. The van der Waals surface area contributed by atoms with Crippen LogP contribution in [0.2, 0.25) is 36.3 Å². The van der Waals surface area contributed by atoms with Gasteiger partial charge in [-0.05, 0) is 250 Å². The number of halogens is 4. The van der Waals surface area contributed by atoms with Crippen LogP contribution in [0, 0.1) is 116 Å². The Kier molecular flexibility index (Phi) is 27.2. The van der Waals surface area contributed by atoms with Crippen molar-refractivity contribution in [1.82, 2.24) is 0 Å². The SMILES string of the molecule is CC(C)(C)[Si](C)(C)O[C@H]1CC[C@@]2(C)C(=CC(=O)C3C2CC[C@@]2(C)C3C[C@@H](O)[C@@H]2O)C1.CC(C)(C)[Si](C)(C)O[C@H]1CC[C@@]2(C)C(=C[C@H](O)C3C2CC[C@@]2(C)C3C[C@@H](O)[C@@H]2O)C1.C[C@]12CC[C@H](O)CC1=C[C@H](O)C1C2CC[C@@]2(C)C1C[C@@H](O)[C@@H]2O.NCl.[B].[Cl][Ce]([Cl])[Cl].[H-].[Na+]. The number of ketones is 1. The maximum absolute atomic E-state index is 13.4. The van der Waals surface area contributed by atoms with Crippen molar-refractivity contribution in [3.8, 4) is 0 Å². The predicted molar refractivity (Wildman–Crippen MR) is 365 cm³/mol. The fourth-order valence-corrected chi connectivity index (χ4v) is 23.8. The zero-order valence-corrected chi connectivity index (χ0v) is 68.6. The summed E-state index contributed by atoms with van der Waals surface area (Å²) in [5.41, 5.74) is 18.3. The van der Waals surface area contributed by atoms with E-state index < -0.39 is 96.1 Å². The number of aliphatic hydroxyl groups is 9. The average Bonchev–Trinajstić information content (AvgIpc) is 1.30. The molecule has 0 aromatic heterocycles. The fourth-order valence-electron chi connectivity index (χ4n) is 21.0. The quantitative estimate of drug-likeness (QED) is 0.0717. The molecule has 0 heterocycles. The van der Waals surface area contributed by atoms with Gasteiger partial charge in [0.25, 0.3) is 0 Å². The van der Waals surface area contributed by atoms with Crippen molar-refractivity contribution >= 4 is 59.5 Å². The van der Waals surface area contributed by atoms with Crippen LogP contribution in [0.5, 0.6) is 0 Å². The first-order chi connectivity index (χ1) is 40.9. The largest absolute Gasteiger partial charge is 1.00 e. The fraction of sp³-hybridized carbons (Fsp3) is 0.899. The molecule has 9 fully saturated rings. The summed E-state index contributed by atoms with van der Waals surface area (Å²) in [5, 5.41) is 99.3. The Bertz CT molecular complexity index is 2640. The van der Waals surface area contributed by atoms with E-state index in [2.05, 4.69) is 132 Å². The van der Waals surface area contributed by atoms with Gasteiger partial charge in [-0.1, -0.05) is 112 Å². The first-order valence-corrected chi connectivity index (χ1v) is 52.2. The Balaban J connectivity index is 0.000000238. The Morgan fingerprint density at radius 2 is 0.824 bits per heavy atom. The van der Waals surface area contributed by atoms with Gasteiger partial charge in [-0.25, -0.2) is 5.25 Å². The molecule has 0 aliphatic heterocycles. The Hall–Kier alpha value is 2.45. The van der Waals surface area contributed by atoms with E-state index >= 15 is 0 Å². The molecule has 91 heavy (non-hydrogen) atoms. The Morgan fingerprint density at radius 3 is 1.21 bits per heavy atom. The van der Waals surface area contributed by atoms with Crippen molar-refractivity contribution in [3.05, 3.63) is 34.9 Å². The van der Waals surface area contributed by atoms with E-state index in [1.54, 1.807) is 0 Å². The Labute approximate surface area is 602 Å². The predicted octanol–water partition coefficient (Wildman–Crippen LogP) is 10.0. The molecule has 13 nitrogen and oxygen atoms in total. The molecule has 0 aromatic carbocycles. The van der Waals surface area contributed by atoms with Gasteiger partial charge in [-0.3, -0.25) is 4.79 Å². The molecular formula is C69H119BCeCl4NNaO12Si2. The topological polar surface area (TPSA) is 244 Å². The van der Waals surface area contributed by atoms with Crippen LogP contribution < -0.4 is 34.8 Å². The first-order valence-electron chi connectivity index (χ1n) is 34.1. The van der Waals surface area contributed by atoms with E-state index in [0.29, 0.717) is 43.4 Å². The second kappa shape index (κ2) is 30.0. The maximum Gasteiger partial charge on any atom is 1.00 e. The summed E-state index contributed by atoms with van der Waals surface area (Å²) in [6, 6.07) is 0. The van der Waals surface area contributed by atoms with Crippen LogP contribution in [0.25, 0.3) is 0 Å². The van der Waals surface area contributed by atoms with Gasteiger partial charge in [-0.2, -0.15) is 0 Å². The molecule has 11 N–H and O–H groups in total. The van der Waals surface area contributed by atoms with E-state index in [1.165, 1.54) is 16.7 Å². The molecule has 12 rings (SSSR count). The van der Waals surface area contributed by atoms with Crippen LogP contribution in [-0.4, -0.2) is 144 Å².